The van der Waals surface area contributed by atoms with Gasteiger partial charge in [-0.2, -0.15) is 0 Å². The first kappa shape index (κ1) is 17.9. The molecule has 2 rings (SSSR count). The number of hydrogen-bond acceptors (Lipinski definition) is 2. The van der Waals surface area contributed by atoms with E-state index < -0.39 is 0 Å². The van der Waals surface area contributed by atoms with Crippen molar-refractivity contribution in [2.45, 2.75) is 26.7 Å². The lowest BCUT2D eigenvalue weighted by Gasteiger charge is -2.12. The lowest BCUT2D eigenvalue weighted by molar-refractivity contribution is 0.832. The summed E-state index contributed by atoms with van der Waals surface area (Å²) in [7, 11) is 4.10. The summed E-state index contributed by atoms with van der Waals surface area (Å²) < 4.78 is 0. The maximum Gasteiger partial charge on any atom is 0.193 e. The number of nitrogens with two attached hydrogens (primary N) is 1. The number of guanidine groups is 1. The zero-order chi connectivity index (χ0) is 17.5. The minimum Gasteiger partial charge on any atom is -0.378 e. The SMILES string of the molecule is Cc1ccc(NC(N)=NCCCc2ccc(N(C)C)cc2)cc1C. The van der Waals surface area contributed by atoms with E-state index in [1.165, 1.54) is 22.4 Å². The maximum atomic E-state index is 5.96. The highest BCUT2D eigenvalue weighted by atomic mass is 15.1. The van der Waals surface area contributed by atoms with Crippen LogP contribution in [0.3, 0.4) is 0 Å². The molecule has 24 heavy (non-hydrogen) atoms. The number of aliphatic imine (C=N–C) groups is 1. The molecule has 0 fully saturated rings. The van der Waals surface area contributed by atoms with E-state index in [-0.39, 0.29) is 0 Å². The molecule has 0 aliphatic carbocycles. The minimum atomic E-state index is 0.473. The molecule has 4 heteroatoms. The van der Waals surface area contributed by atoms with Crippen molar-refractivity contribution in [1.29, 1.82) is 0 Å². The fourth-order valence-corrected chi connectivity index (χ4v) is 2.45. The molecule has 128 valence electrons. The van der Waals surface area contributed by atoms with E-state index in [4.69, 9.17) is 5.73 Å². The van der Waals surface area contributed by atoms with E-state index in [1.54, 1.807) is 0 Å². The van der Waals surface area contributed by atoms with E-state index in [0.29, 0.717) is 5.96 Å². The van der Waals surface area contributed by atoms with Gasteiger partial charge < -0.3 is 16.0 Å². The van der Waals surface area contributed by atoms with E-state index in [9.17, 15) is 0 Å². The van der Waals surface area contributed by atoms with E-state index >= 15 is 0 Å². The van der Waals surface area contributed by atoms with E-state index in [1.807, 2.05) is 6.07 Å². The van der Waals surface area contributed by atoms with Crippen molar-refractivity contribution in [1.82, 2.24) is 0 Å². The number of aryl methyl sites for hydroxylation is 3. The number of hydrogen-bond donors (Lipinski definition) is 2. The lowest BCUT2D eigenvalue weighted by Crippen LogP contribution is -2.23. The Morgan fingerprint density at radius 2 is 1.75 bits per heavy atom. The second kappa shape index (κ2) is 8.39. The maximum absolute atomic E-state index is 5.96. The molecule has 0 heterocycles. The van der Waals surface area contributed by atoms with Crippen LogP contribution in [-0.2, 0) is 6.42 Å². The molecule has 3 N–H and O–H groups in total. The summed E-state index contributed by atoms with van der Waals surface area (Å²) in [6.45, 7) is 4.91. The molecular formula is C20H28N4. The fourth-order valence-electron chi connectivity index (χ4n) is 2.45. The second-order valence-corrected chi connectivity index (χ2v) is 6.36. The smallest absolute Gasteiger partial charge is 0.193 e. The zero-order valence-electron chi connectivity index (χ0n) is 15.1. The monoisotopic (exact) mass is 324 g/mol. The Hall–Kier alpha value is -2.49. The van der Waals surface area contributed by atoms with Crippen LogP contribution in [0.1, 0.15) is 23.1 Å². The average molecular weight is 324 g/mol. The Labute approximate surface area is 145 Å². The second-order valence-electron chi connectivity index (χ2n) is 6.36. The standard InChI is InChI=1S/C20H28N4/c1-15-7-10-18(14-16(15)2)23-20(21)22-13-5-6-17-8-11-19(12-9-17)24(3)4/h7-12,14H,5-6,13H2,1-4H3,(H3,21,22,23). The third-order valence-electron chi connectivity index (χ3n) is 4.14. The van der Waals surface area contributed by atoms with Gasteiger partial charge in [-0.25, -0.2) is 0 Å². The van der Waals surface area contributed by atoms with Crippen LogP contribution in [0, 0.1) is 13.8 Å². The normalized spacial score (nSPS) is 11.4. The Morgan fingerprint density at radius 1 is 1.04 bits per heavy atom. The van der Waals surface area contributed by atoms with Crippen molar-refractivity contribution in [3.05, 3.63) is 59.2 Å². The van der Waals surface area contributed by atoms with Crippen LogP contribution in [0.2, 0.25) is 0 Å². The quantitative estimate of drug-likeness (QED) is 0.484. The van der Waals surface area contributed by atoms with Gasteiger partial charge in [-0.05, 0) is 67.6 Å². The predicted octanol–water partition coefficient (Wildman–Crippen LogP) is 3.73. The van der Waals surface area contributed by atoms with Gasteiger partial charge in [0.25, 0.3) is 0 Å². The molecule has 0 aliphatic rings. The van der Waals surface area contributed by atoms with Crippen LogP contribution in [0.25, 0.3) is 0 Å². The Bertz CT molecular complexity index is 687. The van der Waals surface area contributed by atoms with Gasteiger partial charge in [0, 0.05) is 32.0 Å². The molecule has 0 atom stereocenters. The van der Waals surface area contributed by atoms with Crippen molar-refractivity contribution in [3.63, 3.8) is 0 Å². The molecular weight excluding hydrogens is 296 g/mol. The van der Waals surface area contributed by atoms with Crippen LogP contribution in [-0.4, -0.2) is 26.6 Å². The number of anilines is 2. The van der Waals surface area contributed by atoms with Crippen LogP contribution in [0.4, 0.5) is 11.4 Å². The molecule has 2 aromatic rings. The Morgan fingerprint density at radius 3 is 2.38 bits per heavy atom. The van der Waals surface area contributed by atoms with E-state index in [2.05, 4.69) is 79.6 Å². The summed E-state index contributed by atoms with van der Waals surface area (Å²) >= 11 is 0. The Kier molecular flexibility index (Phi) is 6.24. The third-order valence-corrected chi connectivity index (χ3v) is 4.14. The van der Waals surface area contributed by atoms with Crippen molar-refractivity contribution in [2.24, 2.45) is 10.7 Å². The predicted molar refractivity (Wildman–Crippen MR) is 105 cm³/mol. The molecule has 2 aromatic carbocycles. The largest absolute Gasteiger partial charge is 0.378 e. The van der Waals surface area contributed by atoms with Gasteiger partial charge in [0.15, 0.2) is 5.96 Å². The van der Waals surface area contributed by atoms with Gasteiger partial charge in [0.1, 0.15) is 0 Å². The van der Waals surface area contributed by atoms with Crippen molar-refractivity contribution < 1.29 is 0 Å². The minimum absolute atomic E-state index is 0.473. The first-order chi connectivity index (χ1) is 11.5. The van der Waals surface area contributed by atoms with Gasteiger partial charge in [0.2, 0.25) is 0 Å². The molecule has 0 bridgehead atoms. The average Bonchev–Trinajstić information content (AvgIpc) is 2.55. The van der Waals surface area contributed by atoms with Gasteiger partial charge in [-0.15, -0.1) is 0 Å². The Balaban J connectivity index is 1.79. The van der Waals surface area contributed by atoms with Crippen LogP contribution < -0.4 is 16.0 Å². The van der Waals surface area contributed by atoms with Crippen LogP contribution >= 0.6 is 0 Å². The molecule has 0 unspecified atom stereocenters. The highest BCUT2D eigenvalue weighted by Gasteiger charge is 1.99. The van der Waals surface area contributed by atoms with Crippen molar-refractivity contribution in [2.75, 3.05) is 30.9 Å². The zero-order valence-corrected chi connectivity index (χ0v) is 15.1. The van der Waals surface area contributed by atoms with Crippen molar-refractivity contribution in [3.8, 4) is 0 Å². The first-order valence-electron chi connectivity index (χ1n) is 8.36. The lowest BCUT2D eigenvalue weighted by atomic mass is 10.1. The molecule has 4 nitrogen and oxygen atoms in total. The van der Waals surface area contributed by atoms with Crippen molar-refractivity contribution >= 4 is 17.3 Å². The summed E-state index contributed by atoms with van der Waals surface area (Å²) in [5, 5.41) is 3.15. The summed E-state index contributed by atoms with van der Waals surface area (Å²) in [5.41, 5.74) is 12.0. The summed E-state index contributed by atoms with van der Waals surface area (Å²) in [6.07, 6.45) is 1.99. The van der Waals surface area contributed by atoms with Gasteiger partial charge in [-0.3, -0.25) is 4.99 Å². The summed E-state index contributed by atoms with van der Waals surface area (Å²) in [4.78, 5) is 6.51. The number of benzene rings is 2. The molecule has 0 radical (unpaired) electrons. The van der Waals surface area contributed by atoms with E-state index in [0.717, 1.165) is 25.1 Å². The van der Waals surface area contributed by atoms with Crippen LogP contribution in [0.5, 0.6) is 0 Å². The number of rotatable bonds is 6. The third kappa shape index (κ3) is 5.30. The topological polar surface area (TPSA) is 53.6 Å². The highest BCUT2D eigenvalue weighted by Crippen LogP contribution is 2.14. The number of nitrogens with one attached hydrogen (secondary N) is 1. The molecule has 0 aromatic heterocycles. The van der Waals surface area contributed by atoms with Gasteiger partial charge in [-0.1, -0.05) is 18.2 Å². The molecule has 0 aliphatic heterocycles. The molecule has 0 saturated carbocycles. The van der Waals surface area contributed by atoms with Gasteiger partial charge >= 0.3 is 0 Å². The number of nitrogens with zero attached hydrogens (tertiary/aromatic N) is 2. The molecule has 0 saturated heterocycles. The fraction of sp³-hybridized carbons (Fsp3) is 0.350. The van der Waals surface area contributed by atoms with Gasteiger partial charge in [0.05, 0.1) is 0 Å². The summed E-state index contributed by atoms with van der Waals surface area (Å²) in [5.74, 6) is 0.473. The molecule has 0 spiro atoms. The first-order valence-corrected chi connectivity index (χ1v) is 8.36. The summed E-state index contributed by atoms with van der Waals surface area (Å²) in [6, 6.07) is 14.8. The highest BCUT2D eigenvalue weighted by molar-refractivity contribution is 5.92. The van der Waals surface area contributed by atoms with Crippen LogP contribution in [0.15, 0.2) is 47.5 Å². The molecule has 0 amide bonds.